The highest BCUT2D eigenvalue weighted by Gasteiger charge is 2.32. The molecule has 1 aliphatic rings. The Bertz CT molecular complexity index is 765. The number of fused-ring (bicyclic) bond motifs is 1. The topological polar surface area (TPSA) is 75.6 Å². The molecule has 0 spiro atoms. The van der Waals surface area contributed by atoms with E-state index in [9.17, 15) is 9.59 Å². The minimum atomic E-state index is -1.12. The molecule has 0 aliphatic heterocycles. The summed E-state index contributed by atoms with van der Waals surface area (Å²) in [5, 5.41) is 11.5. The lowest BCUT2D eigenvalue weighted by molar-refractivity contribution is -0.139. The Balaban J connectivity index is 2.15. The maximum atomic E-state index is 12.1. The molecule has 2 rings (SSSR count). The first kappa shape index (κ1) is 20.5. The zero-order valence-electron chi connectivity index (χ0n) is 15.9. The summed E-state index contributed by atoms with van der Waals surface area (Å²) >= 11 is 0. The van der Waals surface area contributed by atoms with Crippen LogP contribution in [-0.2, 0) is 9.53 Å². The van der Waals surface area contributed by atoms with Gasteiger partial charge in [0.2, 0.25) is 0 Å². The van der Waals surface area contributed by atoms with Gasteiger partial charge in [-0.3, -0.25) is 0 Å². The first-order chi connectivity index (χ1) is 12.9. The van der Waals surface area contributed by atoms with Crippen molar-refractivity contribution in [2.45, 2.75) is 38.6 Å². The second-order valence-corrected chi connectivity index (χ2v) is 6.80. The fourth-order valence-electron chi connectivity index (χ4n) is 3.73. The summed E-state index contributed by atoms with van der Waals surface area (Å²) in [5.41, 5.74) is 4.76. The molecule has 1 amide bonds. The van der Waals surface area contributed by atoms with Crippen LogP contribution in [0.5, 0.6) is 0 Å². The molecule has 2 N–H and O–H groups in total. The van der Waals surface area contributed by atoms with Gasteiger partial charge in [0.05, 0.1) is 0 Å². The minimum absolute atomic E-state index is 0.0374. The monoisotopic (exact) mass is 369 g/mol. The molecule has 0 fully saturated rings. The third-order valence-electron chi connectivity index (χ3n) is 4.97. The van der Waals surface area contributed by atoms with Crippen LogP contribution in [0.3, 0.4) is 0 Å². The molecule has 27 heavy (non-hydrogen) atoms. The summed E-state index contributed by atoms with van der Waals surface area (Å²) < 4.78 is 5.41. The number of rotatable bonds is 9. The quantitative estimate of drug-likeness (QED) is 0.627. The number of ether oxygens (including phenoxy) is 1. The van der Waals surface area contributed by atoms with Crippen LogP contribution in [0.25, 0.3) is 5.57 Å². The predicted octanol–water partition coefficient (Wildman–Crippen LogP) is 4.53. The number of alkyl carbamates (subject to hydrolysis) is 1. The first-order valence-electron chi connectivity index (χ1n) is 9.08. The highest BCUT2D eigenvalue weighted by atomic mass is 16.5. The van der Waals surface area contributed by atoms with Gasteiger partial charge in [0.25, 0.3) is 0 Å². The second-order valence-electron chi connectivity index (χ2n) is 6.80. The third-order valence-corrected chi connectivity index (χ3v) is 4.97. The molecule has 144 valence electrons. The van der Waals surface area contributed by atoms with Gasteiger partial charge in [-0.25, -0.2) is 9.59 Å². The van der Waals surface area contributed by atoms with Crippen LogP contribution in [0.4, 0.5) is 4.79 Å². The van der Waals surface area contributed by atoms with Crippen LogP contribution in [0.15, 0.2) is 55.1 Å². The van der Waals surface area contributed by atoms with Crippen molar-refractivity contribution in [1.82, 2.24) is 5.32 Å². The number of hydrogen-bond donors (Lipinski definition) is 2. The lowest BCUT2D eigenvalue weighted by Gasteiger charge is -2.22. The Hall–Kier alpha value is -2.82. The summed E-state index contributed by atoms with van der Waals surface area (Å²) in [6, 6.07) is 7.07. The maximum absolute atomic E-state index is 12.1. The number of aliphatic carboxylic acids is 1. The van der Waals surface area contributed by atoms with Crippen molar-refractivity contribution in [3.8, 4) is 0 Å². The van der Waals surface area contributed by atoms with Crippen molar-refractivity contribution in [2.24, 2.45) is 5.92 Å². The molecule has 1 aliphatic carbocycles. The van der Waals surface area contributed by atoms with Gasteiger partial charge < -0.3 is 15.2 Å². The van der Waals surface area contributed by atoms with E-state index in [2.05, 4.69) is 44.5 Å². The normalized spacial score (nSPS) is 17.6. The lowest BCUT2D eigenvalue weighted by Crippen LogP contribution is -2.41. The molecule has 0 heterocycles. The maximum Gasteiger partial charge on any atom is 0.407 e. The van der Waals surface area contributed by atoms with E-state index in [1.165, 1.54) is 22.8 Å². The molecule has 2 unspecified atom stereocenters. The number of benzene rings is 1. The minimum Gasteiger partial charge on any atom is -0.480 e. The van der Waals surface area contributed by atoms with E-state index in [-0.39, 0.29) is 24.9 Å². The van der Waals surface area contributed by atoms with Gasteiger partial charge >= 0.3 is 12.1 Å². The van der Waals surface area contributed by atoms with E-state index < -0.39 is 18.1 Å². The number of carbonyl (C=O) groups is 2. The Morgan fingerprint density at radius 1 is 1.26 bits per heavy atom. The van der Waals surface area contributed by atoms with Gasteiger partial charge in [-0.05, 0) is 42.4 Å². The molecule has 0 saturated carbocycles. The predicted molar refractivity (Wildman–Crippen MR) is 106 cm³/mol. The van der Waals surface area contributed by atoms with Crippen LogP contribution in [0.2, 0.25) is 0 Å². The Morgan fingerprint density at radius 2 is 1.93 bits per heavy atom. The largest absolute Gasteiger partial charge is 0.480 e. The molecule has 1 aromatic carbocycles. The number of carboxylic acid groups (broad SMARTS) is 1. The highest BCUT2D eigenvalue weighted by molar-refractivity contribution is 5.80. The first-order valence-corrected chi connectivity index (χ1v) is 9.08. The number of amides is 1. The number of hydrogen-bond acceptors (Lipinski definition) is 3. The Kier molecular flexibility index (Phi) is 6.99. The smallest absolute Gasteiger partial charge is 0.407 e. The van der Waals surface area contributed by atoms with Crippen LogP contribution < -0.4 is 5.32 Å². The molecular formula is C22H27NO4. The Labute approximate surface area is 160 Å². The van der Waals surface area contributed by atoms with Crippen molar-refractivity contribution in [3.05, 3.63) is 66.3 Å². The Morgan fingerprint density at radius 3 is 2.56 bits per heavy atom. The van der Waals surface area contributed by atoms with Gasteiger partial charge in [0.1, 0.15) is 12.6 Å². The van der Waals surface area contributed by atoms with E-state index in [0.29, 0.717) is 0 Å². The SMILES string of the molecule is C=CCC(C)C1=C(C)c2ccccc2C1COC(=O)N[C@@H](CC=C)C(=O)O. The summed E-state index contributed by atoms with van der Waals surface area (Å²) in [5.74, 6) is -0.877. The molecule has 0 radical (unpaired) electrons. The van der Waals surface area contributed by atoms with Gasteiger partial charge in [-0.1, -0.05) is 48.9 Å². The van der Waals surface area contributed by atoms with E-state index >= 15 is 0 Å². The zero-order chi connectivity index (χ0) is 20.0. The molecular weight excluding hydrogens is 342 g/mol. The number of carboxylic acids is 1. The van der Waals surface area contributed by atoms with Crippen molar-refractivity contribution < 1.29 is 19.4 Å². The number of carbonyl (C=O) groups excluding carboxylic acids is 1. The molecule has 1 aromatic rings. The lowest BCUT2D eigenvalue weighted by atomic mass is 9.86. The molecule has 3 atom stereocenters. The molecule has 0 saturated heterocycles. The summed E-state index contributed by atoms with van der Waals surface area (Å²) in [7, 11) is 0. The van der Waals surface area contributed by atoms with Crippen molar-refractivity contribution >= 4 is 17.6 Å². The van der Waals surface area contributed by atoms with Crippen molar-refractivity contribution in [2.75, 3.05) is 6.61 Å². The number of nitrogens with one attached hydrogen (secondary N) is 1. The highest BCUT2D eigenvalue weighted by Crippen LogP contribution is 2.45. The van der Waals surface area contributed by atoms with Gasteiger partial charge in [0, 0.05) is 5.92 Å². The molecule has 5 nitrogen and oxygen atoms in total. The molecule has 5 heteroatoms. The fourth-order valence-corrected chi connectivity index (χ4v) is 3.73. The van der Waals surface area contributed by atoms with Crippen LogP contribution in [0, 0.1) is 5.92 Å². The van der Waals surface area contributed by atoms with Gasteiger partial charge in [-0.2, -0.15) is 0 Å². The third kappa shape index (κ3) is 4.67. The van der Waals surface area contributed by atoms with E-state index in [1.54, 1.807) is 0 Å². The van der Waals surface area contributed by atoms with Gasteiger partial charge in [-0.15, -0.1) is 13.2 Å². The van der Waals surface area contributed by atoms with E-state index in [0.717, 1.165) is 12.0 Å². The van der Waals surface area contributed by atoms with Crippen LogP contribution in [-0.4, -0.2) is 29.8 Å². The molecule has 0 aromatic heterocycles. The average molecular weight is 369 g/mol. The van der Waals surface area contributed by atoms with Crippen molar-refractivity contribution in [3.63, 3.8) is 0 Å². The van der Waals surface area contributed by atoms with Crippen LogP contribution in [0.1, 0.15) is 43.7 Å². The van der Waals surface area contributed by atoms with E-state index in [4.69, 9.17) is 9.84 Å². The second kappa shape index (κ2) is 9.21. The summed E-state index contributed by atoms with van der Waals surface area (Å²) in [4.78, 5) is 23.3. The van der Waals surface area contributed by atoms with Crippen LogP contribution >= 0.6 is 0 Å². The van der Waals surface area contributed by atoms with E-state index in [1.807, 2.05) is 18.2 Å². The number of allylic oxidation sites excluding steroid dienone is 2. The zero-order valence-corrected chi connectivity index (χ0v) is 15.9. The standard InChI is InChI=1S/C22H27NO4/c1-5-9-14(3)20-15(4)16-11-7-8-12-17(16)18(20)13-27-22(26)23-19(10-6-2)21(24)25/h5-8,11-12,14,18-19H,1-2,9-10,13H2,3-4H3,(H,23,26)(H,24,25)/t14?,18?,19-/m0/s1. The van der Waals surface area contributed by atoms with Crippen molar-refractivity contribution in [1.29, 1.82) is 0 Å². The summed E-state index contributed by atoms with van der Waals surface area (Å²) in [6.07, 6.45) is 3.59. The van der Waals surface area contributed by atoms with Gasteiger partial charge in [0.15, 0.2) is 0 Å². The average Bonchev–Trinajstić information content (AvgIpc) is 2.92. The molecule has 0 bridgehead atoms. The fraction of sp³-hybridized carbons (Fsp3) is 0.364. The summed E-state index contributed by atoms with van der Waals surface area (Å²) in [6.45, 7) is 11.7.